The summed E-state index contributed by atoms with van der Waals surface area (Å²) in [6.45, 7) is 4.05. The van der Waals surface area contributed by atoms with Crippen molar-refractivity contribution >= 4 is 5.78 Å². The van der Waals surface area contributed by atoms with Crippen molar-refractivity contribution in [3.63, 3.8) is 0 Å². The average molecular weight is 272 g/mol. The van der Waals surface area contributed by atoms with Gasteiger partial charge < -0.3 is 0 Å². The maximum absolute atomic E-state index is 13.1. The summed E-state index contributed by atoms with van der Waals surface area (Å²) in [5.74, 6) is -4.28. The van der Waals surface area contributed by atoms with Crippen molar-refractivity contribution in [3.05, 3.63) is 35.1 Å². The normalized spacial score (nSPS) is 12.5. The zero-order valence-electron chi connectivity index (χ0n) is 11.3. The molecule has 0 aliphatic carbocycles. The van der Waals surface area contributed by atoms with Gasteiger partial charge in [-0.3, -0.25) is 4.79 Å². The third kappa shape index (κ3) is 4.37. The van der Waals surface area contributed by atoms with Crippen LogP contribution in [0.5, 0.6) is 0 Å². The molecule has 0 spiro atoms. The monoisotopic (exact) mass is 272 g/mol. The molecule has 1 aromatic carbocycles. The van der Waals surface area contributed by atoms with Crippen LogP contribution < -0.4 is 0 Å². The molecule has 19 heavy (non-hydrogen) atoms. The van der Waals surface area contributed by atoms with Gasteiger partial charge >= 0.3 is 0 Å². The number of hydrogen-bond donors (Lipinski definition) is 0. The smallest absolute Gasteiger partial charge is 0.194 e. The van der Waals surface area contributed by atoms with Crippen LogP contribution in [0.15, 0.2) is 12.1 Å². The summed E-state index contributed by atoms with van der Waals surface area (Å²) < 4.78 is 38.9. The van der Waals surface area contributed by atoms with Crippen LogP contribution in [0.1, 0.15) is 56.3 Å². The maximum Gasteiger partial charge on any atom is 0.194 e. The summed E-state index contributed by atoms with van der Waals surface area (Å²) >= 11 is 0. The Labute approximate surface area is 111 Å². The quantitative estimate of drug-likeness (QED) is 0.510. The minimum atomic E-state index is -1.53. The Morgan fingerprint density at radius 1 is 1.16 bits per heavy atom. The van der Waals surface area contributed by atoms with Crippen LogP contribution in [0.4, 0.5) is 13.2 Å². The Hall–Kier alpha value is -1.32. The lowest BCUT2D eigenvalue weighted by molar-refractivity contribution is 0.0956. The Balaban J connectivity index is 2.77. The molecule has 4 heteroatoms. The fraction of sp³-hybridized carbons (Fsp3) is 0.533. The topological polar surface area (TPSA) is 17.1 Å². The predicted octanol–water partition coefficient (Wildman–Crippen LogP) is 4.89. The highest BCUT2D eigenvalue weighted by molar-refractivity contribution is 5.96. The van der Waals surface area contributed by atoms with E-state index < -0.39 is 17.5 Å². The van der Waals surface area contributed by atoms with Crippen LogP contribution in [0, 0.1) is 23.4 Å². The van der Waals surface area contributed by atoms with Gasteiger partial charge in [0.2, 0.25) is 0 Å². The number of Topliss-reactive ketones (excluding diaryl/α,β-unsaturated/α-hetero) is 1. The van der Waals surface area contributed by atoms with E-state index >= 15 is 0 Å². The first kappa shape index (κ1) is 15.7. The maximum atomic E-state index is 13.1. The number of unbranched alkanes of at least 4 members (excludes halogenated alkanes) is 1. The summed E-state index contributed by atoms with van der Waals surface area (Å²) in [6, 6.07) is 1.54. The van der Waals surface area contributed by atoms with Crippen molar-refractivity contribution < 1.29 is 18.0 Å². The minimum Gasteiger partial charge on any atom is -0.294 e. The summed E-state index contributed by atoms with van der Waals surface area (Å²) in [5, 5.41) is 0. The SMILES string of the molecule is CCCCC(CC)CC(=O)c1cc(F)c(F)c(F)c1. The molecule has 0 aliphatic heterocycles. The van der Waals surface area contributed by atoms with Gasteiger partial charge in [0.05, 0.1) is 0 Å². The predicted molar refractivity (Wildman–Crippen MR) is 68.6 cm³/mol. The zero-order chi connectivity index (χ0) is 14.4. The van der Waals surface area contributed by atoms with E-state index in [1.807, 2.05) is 6.92 Å². The number of halogens is 3. The summed E-state index contributed by atoms with van der Waals surface area (Å²) in [7, 11) is 0. The van der Waals surface area contributed by atoms with Crippen molar-refractivity contribution in [2.75, 3.05) is 0 Å². The number of rotatable bonds is 7. The van der Waals surface area contributed by atoms with Crippen molar-refractivity contribution in [1.82, 2.24) is 0 Å². The molecule has 0 heterocycles. The molecule has 0 aliphatic rings. The van der Waals surface area contributed by atoms with E-state index in [4.69, 9.17) is 0 Å². The van der Waals surface area contributed by atoms with E-state index in [1.54, 1.807) is 0 Å². The van der Waals surface area contributed by atoms with E-state index in [-0.39, 0.29) is 23.7 Å². The molecule has 1 rings (SSSR count). The lowest BCUT2D eigenvalue weighted by atomic mass is 9.91. The third-order valence-electron chi connectivity index (χ3n) is 3.32. The molecule has 106 valence electrons. The standard InChI is InChI=1S/C15H19F3O/c1-3-5-6-10(4-2)7-14(19)11-8-12(16)15(18)13(17)9-11/h8-10H,3-7H2,1-2H3. The van der Waals surface area contributed by atoms with E-state index in [9.17, 15) is 18.0 Å². The zero-order valence-corrected chi connectivity index (χ0v) is 11.3. The highest BCUT2D eigenvalue weighted by atomic mass is 19.2. The molecule has 1 aromatic rings. The van der Waals surface area contributed by atoms with Crippen LogP contribution >= 0.6 is 0 Å². The Kier molecular flexibility index (Phi) is 6.06. The van der Waals surface area contributed by atoms with E-state index in [0.717, 1.165) is 37.8 Å². The average Bonchev–Trinajstić information content (AvgIpc) is 2.39. The molecular formula is C15H19F3O. The molecule has 0 saturated heterocycles. The van der Waals surface area contributed by atoms with Gasteiger partial charge in [-0.25, -0.2) is 13.2 Å². The number of carbonyl (C=O) groups excluding carboxylic acids is 1. The highest BCUT2D eigenvalue weighted by Gasteiger charge is 2.18. The fourth-order valence-electron chi connectivity index (χ4n) is 2.04. The lowest BCUT2D eigenvalue weighted by Gasteiger charge is -2.13. The van der Waals surface area contributed by atoms with Gasteiger partial charge in [0, 0.05) is 12.0 Å². The van der Waals surface area contributed by atoms with Crippen LogP contribution in [0.2, 0.25) is 0 Å². The van der Waals surface area contributed by atoms with Gasteiger partial charge in [-0.15, -0.1) is 0 Å². The first-order chi connectivity index (χ1) is 8.99. The van der Waals surface area contributed by atoms with Gasteiger partial charge in [-0.1, -0.05) is 39.5 Å². The second kappa shape index (κ2) is 7.31. The van der Waals surface area contributed by atoms with E-state index in [2.05, 4.69) is 6.92 Å². The number of hydrogen-bond acceptors (Lipinski definition) is 1. The van der Waals surface area contributed by atoms with Crippen LogP contribution in [-0.4, -0.2) is 5.78 Å². The van der Waals surface area contributed by atoms with Gasteiger partial charge in [0.25, 0.3) is 0 Å². The Morgan fingerprint density at radius 2 is 1.74 bits per heavy atom. The van der Waals surface area contributed by atoms with E-state index in [0.29, 0.717) is 0 Å². The van der Waals surface area contributed by atoms with E-state index in [1.165, 1.54) is 0 Å². The van der Waals surface area contributed by atoms with Crippen molar-refractivity contribution in [1.29, 1.82) is 0 Å². The van der Waals surface area contributed by atoms with Crippen LogP contribution in [-0.2, 0) is 0 Å². The molecule has 0 radical (unpaired) electrons. The van der Waals surface area contributed by atoms with Gasteiger partial charge in [0.1, 0.15) is 0 Å². The van der Waals surface area contributed by atoms with Gasteiger partial charge in [-0.05, 0) is 18.1 Å². The molecule has 1 atom stereocenters. The summed E-state index contributed by atoms with van der Waals surface area (Å²) in [5.41, 5.74) is -0.0913. The molecular weight excluding hydrogens is 253 g/mol. The lowest BCUT2D eigenvalue weighted by Crippen LogP contribution is -2.10. The number of benzene rings is 1. The molecule has 0 saturated carbocycles. The molecule has 0 fully saturated rings. The van der Waals surface area contributed by atoms with Gasteiger partial charge in [-0.2, -0.15) is 0 Å². The molecule has 0 amide bonds. The third-order valence-corrected chi connectivity index (χ3v) is 3.32. The van der Waals surface area contributed by atoms with Gasteiger partial charge in [0.15, 0.2) is 23.2 Å². The second-order valence-electron chi connectivity index (χ2n) is 4.80. The number of carbonyl (C=O) groups is 1. The fourth-order valence-corrected chi connectivity index (χ4v) is 2.04. The summed E-state index contributed by atoms with van der Waals surface area (Å²) in [6.07, 6.45) is 4.09. The Bertz CT molecular complexity index is 420. The highest BCUT2D eigenvalue weighted by Crippen LogP contribution is 2.21. The van der Waals surface area contributed by atoms with Crippen LogP contribution in [0.3, 0.4) is 0 Å². The molecule has 0 aromatic heterocycles. The first-order valence-corrected chi connectivity index (χ1v) is 6.67. The molecule has 0 N–H and O–H groups in total. The second-order valence-corrected chi connectivity index (χ2v) is 4.80. The summed E-state index contributed by atoms with van der Waals surface area (Å²) in [4.78, 5) is 11.9. The van der Waals surface area contributed by atoms with Crippen molar-refractivity contribution in [2.45, 2.75) is 46.0 Å². The van der Waals surface area contributed by atoms with Crippen LogP contribution in [0.25, 0.3) is 0 Å². The molecule has 1 nitrogen and oxygen atoms in total. The van der Waals surface area contributed by atoms with Crippen molar-refractivity contribution in [2.24, 2.45) is 5.92 Å². The van der Waals surface area contributed by atoms with Crippen molar-refractivity contribution in [3.8, 4) is 0 Å². The largest absolute Gasteiger partial charge is 0.294 e. The number of ketones is 1. The molecule has 1 unspecified atom stereocenters. The first-order valence-electron chi connectivity index (χ1n) is 6.67. The minimum absolute atomic E-state index is 0.0913. The molecule has 0 bridgehead atoms. The Morgan fingerprint density at radius 3 is 2.21 bits per heavy atom.